The van der Waals surface area contributed by atoms with Crippen LogP contribution in [-0.2, 0) is 5.75 Å². The number of rotatable bonds is 3. The lowest BCUT2D eigenvalue weighted by atomic mass is 10.2. The van der Waals surface area contributed by atoms with Gasteiger partial charge in [0.1, 0.15) is 11.5 Å². The first-order chi connectivity index (χ1) is 8.69. The predicted octanol–water partition coefficient (Wildman–Crippen LogP) is 3.13. The molecule has 0 saturated carbocycles. The maximum Gasteiger partial charge on any atom is 0.177 e. The summed E-state index contributed by atoms with van der Waals surface area (Å²) < 4.78 is 6.76. The van der Waals surface area contributed by atoms with Crippen molar-refractivity contribution in [3.8, 4) is 11.3 Å². The van der Waals surface area contributed by atoms with Crippen LogP contribution < -0.4 is 11.6 Å². The van der Waals surface area contributed by atoms with E-state index < -0.39 is 0 Å². The first kappa shape index (κ1) is 13.0. The van der Waals surface area contributed by atoms with E-state index in [9.17, 15) is 0 Å². The van der Waals surface area contributed by atoms with Crippen molar-refractivity contribution in [2.45, 2.75) is 5.75 Å². The second-order valence-corrected chi connectivity index (χ2v) is 5.44. The Kier molecular flexibility index (Phi) is 4.33. The SMILES string of the molecule is NN=C(N)SCc1ccc(-c2ccc(Br)cc2)o1. The van der Waals surface area contributed by atoms with E-state index in [1.807, 2.05) is 36.4 Å². The Morgan fingerprint density at radius 2 is 1.94 bits per heavy atom. The van der Waals surface area contributed by atoms with E-state index in [-0.39, 0.29) is 0 Å². The zero-order valence-corrected chi connectivity index (χ0v) is 11.9. The molecule has 0 spiro atoms. The first-order valence-corrected chi connectivity index (χ1v) is 6.97. The number of thioether (sulfide) groups is 1. The van der Waals surface area contributed by atoms with E-state index in [4.69, 9.17) is 16.0 Å². The minimum Gasteiger partial charge on any atom is -0.460 e. The fourth-order valence-corrected chi connectivity index (χ4v) is 2.19. The predicted molar refractivity (Wildman–Crippen MR) is 78.9 cm³/mol. The molecule has 0 unspecified atom stereocenters. The molecule has 94 valence electrons. The molecule has 4 nitrogen and oxygen atoms in total. The van der Waals surface area contributed by atoms with Crippen LogP contribution in [0, 0.1) is 0 Å². The number of nitrogens with two attached hydrogens (primary N) is 2. The summed E-state index contributed by atoms with van der Waals surface area (Å²) in [5.41, 5.74) is 6.53. The number of hydrazone groups is 1. The Balaban J connectivity index is 2.08. The summed E-state index contributed by atoms with van der Waals surface area (Å²) in [6.45, 7) is 0. The van der Waals surface area contributed by atoms with Crippen LogP contribution in [-0.4, -0.2) is 5.17 Å². The smallest absolute Gasteiger partial charge is 0.177 e. The number of benzene rings is 1. The van der Waals surface area contributed by atoms with Gasteiger partial charge in [-0.3, -0.25) is 0 Å². The minimum absolute atomic E-state index is 0.344. The molecule has 4 N–H and O–H groups in total. The number of furan rings is 1. The van der Waals surface area contributed by atoms with Crippen molar-refractivity contribution in [3.05, 3.63) is 46.6 Å². The zero-order valence-electron chi connectivity index (χ0n) is 9.47. The Hall–Kier alpha value is -1.40. The van der Waals surface area contributed by atoms with Crippen LogP contribution in [0.3, 0.4) is 0 Å². The number of halogens is 1. The van der Waals surface area contributed by atoms with Gasteiger partial charge in [-0.25, -0.2) is 0 Å². The van der Waals surface area contributed by atoms with Crippen LogP contribution >= 0.6 is 27.7 Å². The minimum atomic E-state index is 0.344. The van der Waals surface area contributed by atoms with Crippen LogP contribution in [0.1, 0.15) is 5.76 Å². The van der Waals surface area contributed by atoms with Crippen LogP contribution in [0.4, 0.5) is 0 Å². The van der Waals surface area contributed by atoms with E-state index in [1.54, 1.807) is 0 Å². The van der Waals surface area contributed by atoms with Crippen LogP contribution in [0.25, 0.3) is 11.3 Å². The van der Waals surface area contributed by atoms with Gasteiger partial charge >= 0.3 is 0 Å². The molecule has 0 aliphatic carbocycles. The topological polar surface area (TPSA) is 77.5 Å². The monoisotopic (exact) mass is 325 g/mol. The molecule has 0 saturated heterocycles. The number of nitrogens with zero attached hydrogens (tertiary/aromatic N) is 1. The molecule has 0 amide bonds. The highest BCUT2D eigenvalue weighted by Crippen LogP contribution is 2.25. The van der Waals surface area contributed by atoms with E-state index >= 15 is 0 Å². The molecule has 2 aromatic rings. The standard InChI is InChI=1S/C12H12BrN3OS/c13-9-3-1-8(2-4-9)11-6-5-10(17-11)7-18-12(14)16-15/h1-6H,7,15H2,(H2,14,16). The molecule has 0 atom stereocenters. The van der Waals surface area contributed by atoms with Gasteiger partial charge in [-0.05, 0) is 24.3 Å². The average molecular weight is 326 g/mol. The normalized spacial score (nSPS) is 11.7. The molecule has 1 aromatic carbocycles. The number of hydrogen-bond acceptors (Lipinski definition) is 4. The fraction of sp³-hybridized carbons (Fsp3) is 0.0833. The molecule has 0 fully saturated rings. The molecule has 0 radical (unpaired) electrons. The van der Waals surface area contributed by atoms with E-state index in [1.165, 1.54) is 11.8 Å². The number of amidine groups is 1. The quantitative estimate of drug-likeness (QED) is 0.393. The Morgan fingerprint density at radius 1 is 1.22 bits per heavy atom. The van der Waals surface area contributed by atoms with Gasteiger partial charge in [0.05, 0.1) is 5.75 Å². The van der Waals surface area contributed by atoms with Gasteiger partial charge in [0.2, 0.25) is 0 Å². The van der Waals surface area contributed by atoms with Crippen molar-refractivity contribution in [3.63, 3.8) is 0 Å². The van der Waals surface area contributed by atoms with Crippen LogP contribution in [0.5, 0.6) is 0 Å². The van der Waals surface area contributed by atoms with E-state index in [0.29, 0.717) is 10.9 Å². The van der Waals surface area contributed by atoms with Gasteiger partial charge in [-0.2, -0.15) is 5.10 Å². The van der Waals surface area contributed by atoms with Crippen LogP contribution in [0.15, 0.2) is 50.4 Å². The second kappa shape index (κ2) is 5.97. The van der Waals surface area contributed by atoms with Gasteiger partial charge in [-0.1, -0.05) is 39.8 Å². The number of hydrogen-bond donors (Lipinski definition) is 2. The maximum atomic E-state index is 5.72. The molecular formula is C12H12BrN3OS. The molecule has 0 aliphatic rings. The largest absolute Gasteiger partial charge is 0.460 e. The van der Waals surface area contributed by atoms with E-state index in [2.05, 4.69) is 21.0 Å². The highest BCUT2D eigenvalue weighted by Gasteiger charge is 2.05. The van der Waals surface area contributed by atoms with Crippen molar-refractivity contribution in [1.29, 1.82) is 0 Å². The third-order valence-electron chi connectivity index (χ3n) is 2.28. The lowest BCUT2D eigenvalue weighted by Gasteiger charge is -1.98. The zero-order chi connectivity index (χ0) is 13.0. The van der Waals surface area contributed by atoms with Gasteiger partial charge < -0.3 is 16.0 Å². The Labute approximate surface area is 118 Å². The van der Waals surface area contributed by atoms with Gasteiger partial charge in [0.25, 0.3) is 0 Å². The summed E-state index contributed by atoms with van der Waals surface area (Å²) in [6, 6.07) is 11.8. The highest BCUT2D eigenvalue weighted by atomic mass is 79.9. The third-order valence-corrected chi connectivity index (χ3v) is 3.64. The summed E-state index contributed by atoms with van der Waals surface area (Å²) in [5, 5.41) is 3.73. The van der Waals surface area contributed by atoms with Crippen molar-refractivity contribution in [2.75, 3.05) is 0 Å². The second-order valence-electron chi connectivity index (χ2n) is 3.53. The van der Waals surface area contributed by atoms with Crippen molar-refractivity contribution < 1.29 is 4.42 Å². The molecule has 6 heteroatoms. The summed E-state index contributed by atoms with van der Waals surface area (Å²) >= 11 is 4.74. The lowest BCUT2D eigenvalue weighted by molar-refractivity contribution is 0.544. The summed E-state index contributed by atoms with van der Waals surface area (Å²) in [6.07, 6.45) is 0. The van der Waals surface area contributed by atoms with Crippen molar-refractivity contribution in [2.24, 2.45) is 16.7 Å². The first-order valence-electron chi connectivity index (χ1n) is 5.20. The molecular weight excluding hydrogens is 314 g/mol. The van der Waals surface area contributed by atoms with Gasteiger partial charge in [0.15, 0.2) is 5.17 Å². The molecule has 18 heavy (non-hydrogen) atoms. The molecule has 2 rings (SSSR count). The summed E-state index contributed by atoms with van der Waals surface area (Å²) in [5.74, 6) is 7.34. The van der Waals surface area contributed by atoms with E-state index in [0.717, 1.165) is 21.6 Å². The van der Waals surface area contributed by atoms with Gasteiger partial charge in [-0.15, -0.1) is 0 Å². The highest BCUT2D eigenvalue weighted by molar-refractivity contribution is 9.10. The maximum absolute atomic E-state index is 5.72. The molecule has 1 heterocycles. The van der Waals surface area contributed by atoms with Crippen molar-refractivity contribution in [1.82, 2.24) is 0 Å². The fourth-order valence-electron chi connectivity index (χ4n) is 1.41. The van der Waals surface area contributed by atoms with Crippen molar-refractivity contribution >= 4 is 32.9 Å². The summed E-state index contributed by atoms with van der Waals surface area (Å²) in [4.78, 5) is 0. The lowest BCUT2D eigenvalue weighted by Crippen LogP contribution is -2.09. The molecule has 0 aliphatic heterocycles. The Bertz CT molecular complexity index is 551. The Morgan fingerprint density at radius 3 is 2.61 bits per heavy atom. The molecule has 1 aromatic heterocycles. The third kappa shape index (κ3) is 3.30. The van der Waals surface area contributed by atoms with Gasteiger partial charge in [0, 0.05) is 10.0 Å². The molecule has 0 bridgehead atoms. The summed E-state index contributed by atoms with van der Waals surface area (Å²) in [7, 11) is 0. The van der Waals surface area contributed by atoms with Crippen LogP contribution in [0.2, 0.25) is 0 Å². The average Bonchev–Trinajstić information content (AvgIpc) is 2.85.